The van der Waals surface area contributed by atoms with Crippen LogP contribution in [0.1, 0.15) is 29.2 Å². The summed E-state index contributed by atoms with van der Waals surface area (Å²) in [5, 5.41) is 0. The minimum Gasteiger partial charge on any atom is -0.427 e. The molecule has 0 aliphatic carbocycles. The van der Waals surface area contributed by atoms with Gasteiger partial charge in [-0.2, -0.15) is 0 Å². The van der Waals surface area contributed by atoms with Crippen LogP contribution in [0.2, 0.25) is 0 Å². The Labute approximate surface area is 149 Å². The highest BCUT2D eigenvalue weighted by Gasteiger charge is 2.21. The number of ether oxygens (including phenoxy) is 1. The highest BCUT2D eigenvalue weighted by atomic mass is 32.2. The Morgan fingerprint density at radius 2 is 1.56 bits per heavy atom. The second-order valence-corrected chi connectivity index (χ2v) is 8.13. The number of aryl methyl sites for hydroxylation is 3. The molecule has 0 radical (unpaired) electrons. The van der Waals surface area contributed by atoms with Crippen LogP contribution in [-0.2, 0) is 14.6 Å². The summed E-state index contributed by atoms with van der Waals surface area (Å²) in [5.74, 6) is -0.151. The van der Waals surface area contributed by atoms with Gasteiger partial charge in [-0.15, -0.1) is 0 Å². The van der Waals surface area contributed by atoms with Crippen molar-refractivity contribution < 1.29 is 17.9 Å². The quantitative estimate of drug-likeness (QED) is 0.598. The van der Waals surface area contributed by atoms with Gasteiger partial charge < -0.3 is 4.74 Å². The van der Waals surface area contributed by atoms with E-state index < -0.39 is 15.8 Å². The zero-order valence-corrected chi connectivity index (χ0v) is 15.7. The Hall–Kier alpha value is -2.40. The van der Waals surface area contributed by atoms with Gasteiger partial charge in [-0.25, -0.2) is 8.42 Å². The third kappa shape index (κ3) is 4.57. The van der Waals surface area contributed by atoms with Crippen molar-refractivity contribution in [1.82, 2.24) is 0 Å². The number of sulfone groups is 1. The number of hydrogen-bond acceptors (Lipinski definition) is 4. The number of rotatable bonds is 5. The van der Waals surface area contributed by atoms with Crippen LogP contribution in [-0.4, -0.2) is 20.1 Å². The van der Waals surface area contributed by atoms with E-state index in [2.05, 4.69) is 6.58 Å². The predicted molar refractivity (Wildman–Crippen MR) is 99.5 cm³/mol. The van der Waals surface area contributed by atoms with Crippen LogP contribution in [0, 0.1) is 20.8 Å². The minimum absolute atomic E-state index is 0.162. The summed E-state index contributed by atoms with van der Waals surface area (Å²) in [6.07, 6.45) is 0. The summed E-state index contributed by atoms with van der Waals surface area (Å²) in [6.45, 7) is 10.8. The van der Waals surface area contributed by atoms with Crippen molar-refractivity contribution in [2.24, 2.45) is 0 Å². The standard InChI is InChI=1S/C20H22O4S/c1-13-10-14(2)20(15(3)11-13)25(22,23)12-16(4)18-6-8-19(9-7-18)24-17(5)21/h6-11H,4,12H2,1-3,5H3. The van der Waals surface area contributed by atoms with E-state index in [0.717, 1.165) is 16.7 Å². The fourth-order valence-electron chi connectivity index (χ4n) is 2.97. The largest absolute Gasteiger partial charge is 0.427 e. The molecule has 2 rings (SSSR count). The normalized spacial score (nSPS) is 11.2. The van der Waals surface area contributed by atoms with Gasteiger partial charge in [-0.3, -0.25) is 4.79 Å². The molecule has 2 aromatic carbocycles. The molecule has 0 bridgehead atoms. The first kappa shape index (κ1) is 18.9. The topological polar surface area (TPSA) is 60.4 Å². The molecule has 0 aliphatic rings. The first-order valence-electron chi connectivity index (χ1n) is 7.87. The Morgan fingerprint density at radius 3 is 2.04 bits per heavy atom. The lowest BCUT2D eigenvalue weighted by molar-refractivity contribution is -0.131. The molecule has 0 fully saturated rings. The van der Waals surface area contributed by atoms with E-state index in [0.29, 0.717) is 21.8 Å². The average molecular weight is 358 g/mol. The fourth-order valence-corrected chi connectivity index (χ4v) is 4.84. The summed E-state index contributed by atoms with van der Waals surface area (Å²) >= 11 is 0. The molecule has 4 nitrogen and oxygen atoms in total. The third-order valence-electron chi connectivity index (χ3n) is 3.80. The molecular weight excluding hydrogens is 336 g/mol. The van der Waals surface area contributed by atoms with E-state index in [1.165, 1.54) is 6.92 Å². The molecule has 5 heteroatoms. The first-order chi connectivity index (χ1) is 11.6. The first-order valence-corrected chi connectivity index (χ1v) is 9.52. The third-order valence-corrected chi connectivity index (χ3v) is 5.80. The molecule has 2 aromatic rings. The average Bonchev–Trinajstić information content (AvgIpc) is 2.45. The van der Waals surface area contributed by atoms with Crippen LogP contribution >= 0.6 is 0 Å². The second kappa shape index (κ2) is 7.23. The number of carbonyl (C=O) groups is 1. The molecule has 132 valence electrons. The SMILES string of the molecule is C=C(CS(=O)(=O)c1c(C)cc(C)cc1C)c1ccc(OC(C)=O)cc1. The van der Waals surface area contributed by atoms with Gasteiger partial charge in [0.2, 0.25) is 0 Å². The van der Waals surface area contributed by atoms with Gasteiger partial charge in [-0.1, -0.05) is 36.4 Å². The lowest BCUT2D eigenvalue weighted by atomic mass is 10.1. The van der Waals surface area contributed by atoms with Crippen molar-refractivity contribution in [3.05, 3.63) is 65.2 Å². The molecule has 0 saturated heterocycles. The van der Waals surface area contributed by atoms with Crippen molar-refractivity contribution >= 4 is 21.4 Å². The number of carbonyl (C=O) groups excluding carboxylic acids is 1. The smallest absolute Gasteiger partial charge is 0.308 e. The molecule has 0 amide bonds. The molecular formula is C20H22O4S. The lowest BCUT2D eigenvalue weighted by Crippen LogP contribution is -2.12. The van der Waals surface area contributed by atoms with E-state index in [4.69, 9.17) is 4.74 Å². The highest BCUT2D eigenvalue weighted by molar-refractivity contribution is 7.92. The van der Waals surface area contributed by atoms with Crippen LogP contribution in [0.5, 0.6) is 5.75 Å². The van der Waals surface area contributed by atoms with Crippen LogP contribution in [0.3, 0.4) is 0 Å². The van der Waals surface area contributed by atoms with Gasteiger partial charge in [0.05, 0.1) is 10.6 Å². The molecule has 0 N–H and O–H groups in total. The van der Waals surface area contributed by atoms with Gasteiger partial charge in [-0.05, 0) is 55.2 Å². The summed E-state index contributed by atoms with van der Waals surface area (Å²) in [6, 6.07) is 10.4. The maximum atomic E-state index is 12.9. The van der Waals surface area contributed by atoms with Crippen LogP contribution < -0.4 is 4.74 Å². The fraction of sp³-hybridized carbons (Fsp3) is 0.250. The van der Waals surface area contributed by atoms with Crippen molar-refractivity contribution in [3.63, 3.8) is 0 Å². The van der Waals surface area contributed by atoms with Crippen molar-refractivity contribution in [3.8, 4) is 5.75 Å². The summed E-state index contributed by atoms with van der Waals surface area (Å²) in [4.78, 5) is 11.3. The van der Waals surface area contributed by atoms with E-state index >= 15 is 0 Å². The lowest BCUT2D eigenvalue weighted by Gasteiger charge is -2.14. The molecule has 25 heavy (non-hydrogen) atoms. The molecule has 0 aromatic heterocycles. The van der Waals surface area contributed by atoms with Gasteiger partial charge in [0.15, 0.2) is 9.84 Å². The monoisotopic (exact) mass is 358 g/mol. The predicted octanol–water partition coefficient (Wildman–Crippen LogP) is 4.02. The van der Waals surface area contributed by atoms with E-state index in [1.54, 1.807) is 24.3 Å². The second-order valence-electron chi connectivity index (χ2n) is 6.21. The van der Waals surface area contributed by atoms with Crippen molar-refractivity contribution in [2.75, 3.05) is 5.75 Å². The zero-order valence-electron chi connectivity index (χ0n) is 14.9. The van der Waals surface area contributed by atoms with E-state index in [-0.39, 0.29) is 5.75 Å². The highest BCUT2D eigenvalue weighted by Crippen LogP contribution is 2.27. The maximum absolute atomic E-state index is 12.9. The van der Waals surface area contributed by atoms with E-state index in [1.807, 2.05) is 32.9 Å². The molecule has 0 saturated carbocycles. The van der Waals surface area contributed by atoms with Gasteiger partial charge in [0, 0.05) is 6.92 Å². The van der Waals surface area contributed by atoms with Gasteiger partial charge >= 0.3 is 5.97 Å². The summed E-state index contributed by atoms with van der Waals surface area (Å²) in [7, 11) is -3.50. The van der Waals surface area contributed by atoms with Crippen LogP contribution in [0.25, 0.3) is 5.57 Å². The maximum Gasteiger partial charge on any atom is 0.308 e. The number of benzene rings is 2. The minimum atomic E-state index is -3.50. The molecule has 0 aliphatic heterocycles. The van der Waals surface area contributed by atoms with Crippen LogP contribution in [0.15, 0.2) is 47.9 Å². The molecule has 0 unspecified atom stereocenters. The Bertz CT molecular complexity index is 900. The molecule has 0 heterocycles. The van der Waals surface area contributed by atoms with Gasteiger partial charge in [0.1, 0.15) is 5.75 Å². The van der Waals surface area contributed by atoms with Crippen LogP contribution in [0.4, 0.5) is 0 Å². The van der Waals surface area contributed by atoms with Crippen molar-refractivity contribution in [2.45, 2.75) is 32.6 Å². The number of esters is 1. The van der Waals surface area contributed by atoms with E-state index in [9.17, 15) is 13.2 Å². The Balaban J connectivity index is 2.26. The molecule has 0 spiro atoms. The summed E-state index contributed by atoms with van der Waals surface area (Å²) in [5.41, 5.74) is 3.72. The number of hydrogen-bond donors (Lipinski definition) is 0. The molecule has 0 atom stereocenters. The van der Waals surface area contributed by atoms with Gasteiger partial charge in [0.25, 0.3) is 0 Å². The Morgan fingerprint density at radius 1 is 1.04 bits per heavy atom. The zero-order chi connectivity index (χ0) is 18.8. The van der Waals surface area contributed by atoms with Crippen molar-refractivity contribution in [1.29, 1.82) is 0 Å². The summed E-state index contributed by atoms with van der Waals surface area (Å²) < 4.78 is 30.7. The Kier molecular flexibility index (Phi) is 5.48.